The third kappa shape index (κ3) is 21.1. The van der Waals surface area contributed by atoms with E-state index in [1.165, 1.54) is 134 Å². The number of hydrogen-bond acceptors (Lipinski definition) is 4. The van der Waals surface area contributed by atoms with Gasteiger partial charge < -0.3 is 15.9 Å². The van der Waals surface area contributed by atoms with E-state index in [1.54, 1.807) is 0 Å². The average Bonchev–Trinajstić information content (AvgIpc) is 2.91. The van der Waals surface area contributed by atoms with Gasteiger partial charge in [0.2, 0.25) is 0 Å². The molecule has 4 N–H and O–H groups in total. The molecule has 0 aliphatic heterocycles. The Morgan fingerprint density at radius 3 is 1.42 bits per heavy atom. The minimum atomic E-state index is -1.22. The van der Waals surface area contributed by atoms with Crippen molar-refractivity contribution in [1.82, 2.24) is 0 Å². The number of carboxylic acids is 1. The van der Waals surface area contributed by atoms with E-state index in [0.29, 0.717) is 12.0 Å². The minimum absolute atomic E-state index is 0.0638. The standard InChI is InChI=1S/C17H24O4.C16H35N/c1-2-3-4-5-6-7-8-9-15(18)13-10-11-16(19)14(12-13)17(20)21;1-2-3-4-5-6-7-8-9-10-11-12-13-14-15-16-17/h10-12,19H,2-9H2,1H3,(H,20,21);2-17H2,1H3. The molecule has 1 aromatic rings. The van der Waals surface area contributed by atoms with Crippen molar-refractivity contribution in [3.8, 4) is 5.75 Å². The van der Waals surface area contributed by atoms with Crippen LogP contribution in [0.2, 0.25) is 0 Å². The summed E-state index contributed by atoms with van der Waals surface area (Å²) in [5.41, 5.74) is 5.60. The number of carboxylic acid groups (broad SMARTS) is 1. The summed E-state index contributed by atoms with van der Waals surface area (Å²) in [6.07, 6.45) is 28.3. The van der Waals surface area contributed by atoms with Crippen LogP contribution in [0.5, 0.6) is 5.75 Å². The predicted octanol–water partition coefficient (Wildman–Crippen LogP) is 9.84. The second-order valence-corrected chi connectivity index (χ2v) is 10.7. The van der Waals surface area contributed by atoms with Gasteiger partial charge in [-0.05, 0) is 37.6 Å². The molecule has 5 heteroatoms. The van der Waals surface area contributed by atoms with Crippen molar-refractivity contribution in [2.75, 3.05) is 6.54 Å². The van der Waals surface area contributed by atoms with Gasteiger partial charge in [0.25, 0.3) is 0 Å². The van der Waals surface area contributed by atoms with Crippen LogP contribution in [0, 0.1) is 0 Å². The molecule has 220 valence electrons. The number of Topliss-reactive ketones (excluding diaryl/α,β-unsaturated/α-hetero) is 1. The second kappa shape index (κ2) is 26.7. The Bertz CT molecular complexity index is 690. The molecule has 0 aliphatic rings. The van der Waals surface area contributed by atoms with Crippen LogP contribution in [0.25, 0.3) is 0 Å². The molecule has 0 spiro atoms. The van der Waals surface area contributed by atoms with Crippen LogP contribution in [0.1, 0.15) is 176 Å². The van der Waals surface area contributed by atoms with Gasteiger partial charge in [0.15, 0.2) is 5.78 Å². The Hall–Kier alpha value is -1.88. The molecule has 1 aromatic carbocycles. The van der Waals surface area contributed by atoms with Crippen LogP contribution in [-0.2, 0) is 0 Å². The van der Waals surface area contributed by atoms with E-state index in [0.717, 1.165) is 25.8 Å². The Balaban J connectivity index is 0.000000739. The molecule has 38 heavy (non-hydrogen) atoms. The Morgan fingerprint density at radius 2 is 1.03 bits per heavy atom. The molecule has 0 amide bonds. The molecule has 0 aliphatic carbocycles. The van der Waals surface area contributed by atoms with Crippen molar-refractivity contribution in [3.63, 3.8) is 0 Å². The van der Waals surface area contributed by atoms with Crippen LogP contribution in [0.4, 0.5) is 0 Å². The van der Waals surface area contributed by atoms with Gasteiger partial charge in [-0.3, -0.25) is 4.79 Å². The summed E-state index contributed by atoms with van der Waals surface area (Å²) >= 11 is 0. The van der Waals surface area contributed by atoms with E-state index in [1.807, 2.05) is 0 Å². The van der Waals surface area contributed by atoms with Crippen LogP contribution < -0.4 is 5.73 Å². The largest absolute Gasteiger partial charge is 0.507 e. The highest BCUT2D eigenvalue weighted by Gasteiger charge is 2.13. The number of ketones is 1. The van der Waals surface area contributed by atoms with Gasteiger partial charge in [-0.2, -0.15) is 0 Å². The minimum Gasteiger partial charge on any atom is -0.507 e. The molecule has 0 radical (unpaired) electrons. The van der Waals surface area contributed by atoms with Crippen LogP contribution in [0.15, 0.2) is 18.2 Å². The summed E-state index contributed by atoms with van der Waals surface area (Å²) in [5.74, 6) is -1.60. The van der Waals surface area contributed by atoms with Crippen molar-refractivity contribution in [2.45, 2.75) is 155 Å². The molecular formula is C33H59NO4. The van der Waals surface area contributed by atoms with Gasteiger partial charge in [-0.15, -0.1) is 0 Å². The van der Waals surface area contributed by atoms with Gasteiger partial charge in [-0.1, -0.05) is 136 Å². The van der Waals surface area contributed by atoms with E-state index >= 15 is 0 Å². The number of phenols is 1. The van der Waals surface area contributed by atoms with Crippen LogP contribution in [-0.4, -0.2) is 28.5 Å². The monoisotopic (exact) mass is 533 g/mol. The fraction of sp³-hybridized carbons (Fsp3) is 0.758. The molecule has 0 atom stereocenters. The Labute approximate surface area is 234 Å². The number of hydrogen-bond donors (Lipinski definition) is 3. The van der Waals surface area contributed by atoms with Crippen molar-refractivity contribution >= 4 is 11.8 Å². The molecule has 0 bridgehead atoms. The molecule has 0 fully saturated rings. The van der Waals surface area contributed by atoms with Gasteiger partial charge in [0.1, 0.15) is 11.3 Å². The molecule has 0 saturated heterocycles. The predicted molar refractivity (Wildman–Crippen MR) is 161 cm³/mol. The van der Waals surface area contributed by atoms with Crippen LogP contribution in [0.3, 0.4) is 0 Å². The summed E-state index contributed by atoms with van der Waals surface area (Å²) in [7, 11) is 0. The molecule has 1 rings (SSSR count). The molecule has 0 aromatic heterocycles. The number of nitrogens with two attached hydrogens (primary N) is 1. The van der Waals surface area contributed by atoms with Crippen molar-refractivity contribution in [2.24, 2.45) is 5.73 Å². The number of unbranched alkanes of at least 4 members (excludes halogenated alkanes) is 19. The Kier molecular flexibility index (Phi) is 25.4. The van der Waals surface area contributed by atoms with Crippen LogP contribution >= 0.6 is 0 Å². The van der Waals surface area contributed by atoms with Crippen molar-refractivity contribution < 1.29 is 19.8 Å². The Morgan fingerprint density at radius 1 is 0.632 bits per heavy atom. The third-order valence-electron chi connectivity index (χ3n) is 7.11. The fourth-order valence-electron chi connectivity index (χ4n) is 4.61. The number of aromatic hydroxyl groups is 1. The smallest absolute Gasteiger partial charge is 0.339 e. The van der Waals surface area contributed by atoms with Crippen molar-refractivity contribution in [1.29, 1.82) is 0 Å². The van der Waals surface area contributed by atoms with E-state index < -0.39 is 5.97 Å². The van der Waals surface area contributed by atoms with E-state index in [-0.39, 0.29) is 17.1 Å². The average molecular weight is 534 g/mol. The van der Waals surface area contributed by atoms with E-state index in [9.17, 15) is 14.7 Å². The lowest BCUT2D eigenvalue weighted by Crippen LogP contribution is -2.03. The molecule has 0 saturated carbocycles. The number of benzene rings is 1. The zero-order chi connectivity index (χ0) is 28.3. The highest BCUT2D eigenvalue weighted by atomic mass is 16.4. The van der Waals surface area contributed by atoms with Gasteiger partial charge in [0, 0.05) is 12.0 Å². The number of carbonyl (C=O) groups excluding carboxylic acids is 1. The lowest BCUT2D eigenvalue weighted by molar-refractivity contribution is 0.0693. The summed E-state index contributed by atoms with van der Waals surface area (Å²) in [6.45, 7) is 5.34. The summed E-state index contributed by atoms with van der Waals surface area (Å²) in [4.78, 5) is 22.9. The first kappa shape index (κ1) is 36.1. The van der Waals surface area contributed by atoms with Gasteiger partial charge in [0.05, 0.1) is 0 Å². The molecular weight excluding hydrogens is 474 g/mol. The maximum absolute atomic E-state index is 12.0. The number of aromatic carboxylic acids is 1. The summed E-state index contributed by atoms with van der Waals surface area (Å²) in [5, 5.41) is 18.3. The normalized spacial score (nSPS) is 10.7. The van der Waals surface area contributed by atoms with Gasteiger partial charge >= 0.3 is 5.97 Å². The fourth-order valence-corrected chi connectivity index (χ4v) is 4.61. The SMILES string of the molecule is CCCCCCCCCC(=O)c1ccc(O)c(C(=O)O)c1.CCCCCCCCCCCCCCCCN. The summed E-state index contributed by atoms with van der Waals surface area (Å²) in [6, 6.07) is 3.99. The quantitative estimate of drug-likeness (QED) is 0.0906. The topological polar surface area (TPSA) is 101 Å². The van der Waals surface area contributed by atoms with Crippen molar-refractivity contribution in [3.05, 3.63) is 29.3 Å². The lowest BCUT2D eigenvalue weighted by Gasteiger charge is -2.04. The maximum Gasteiger partial charge on any atom is 0.339 e. The number of carbonyl (C=O) groups is 2. The molecule has 5 nitrogen and oxygen atoms in total. The first-order valence-electron chi connectivity index (χ1n) is 15.8. The highest BCUT2D eigenvalue weighted by molar-refractivity contribution is 5.99. The first-order chi connectivity index (χ1) is 18.5. The second-order valence-electron chi connectivity index (χ2n) is 10.7. The third-order valence-corrected chi connectivity index (χ3v) is 7.11. The molecule has 0 heterocycles. The van der Waals surface area contributed by atoms with Gasteiger partial charge in [-0.25, -0.2) is 4.79 Å². The zero-order valence-corrected chi connectivity index (χ0v) is 24.8. The number of rotatable bonds is 24. The lowest BCUT2D eigenvalue weighted by atomic mass is 10.0. The van der Waals surface area contributed by atoms with E-state index in [4.69, 9.17) is 10.8 Å². The zero-order valence-electron chi connectivity index (χ0n) is 24.8. The summed E-state index contributed by atoms with van der Waals surface area (Å²) < 4.78 is 0. The van der Waals surface area contributed by atoms with E-state index in [2.05, 4.69) is 13.8 Å². The molecule has 0 unspecified atom stereocenters. The highest BCUT2D eigenvalue weighted by Crippen LogP contribution is 2.20. The first-order valence-corrected chi connectivity index (χ1v) is 15.8. The maximum atomic E-state index is 12.0.